The van der Waals surface area contributed by atoms with E-state index in [2.05, 4.69) is 10.6 Å². The van der Waals surface area contributed by atoms with Crippen LogP contribution in [0.2, 0.25) is 0 Å². The van der Waals surface area contributed by atoms with Gasteiger partial charge in [0.2, 0.25) is 5.91 Å². The van der Waals surface area contributed by atoms with Gasteiger partial charge in [-0.1, -0.05) is 19.3 Å². The third kappa shape index (κ3) is 3.68. The van der Waals surface area contributed by atoms with Crippen molar-refractivity contribution < 1.29 is 4.79 Å². The van der Waals surface area contributed by atoms with Gasteiger partial charge in [0.15, 0.2) is 0 Å². The number of carbonyl (C=O) groups excluding carboxylic acids is 1. The maximum absolute atomic E-state index is 12.0. The van der Waals surface area contributed by atoms with Crippen LogP contribution in [0.4, 0.5) is 0 Å². The molecule has 1 atom stereocenters. The molecular weight excluding hydrogens is 214 g/mol. The lowest BCUT2D eigenvalue weighted by molar-refractivity contribution is -0.131. The standard InChI is InChI=1S/C13H25N3O/c1-16(12-5-3-2-4-6-12)13(17)10-15-11-7-8-14-9-11/h11-12,14-15H,2-10H2,1H3. The highest BCUT2D eigenvalue weighted by atomic mass is 16.2. The Morgan fingerprint density at radius 3 is 2.71 bits per heavy atom. The van der Waals surface area contributed by atoms with Crippen molar-refractivity contribution in [2.45, 2.75) is 50.6 Å². The zero-order chi connectivity index (χ0) is 12.1. The van der Waals surface area contributed by atoms with Gasteiger partial charge < -0.3 is 15.5 Å². The minimum Gasteiger partial charge on any atom is -0.342 e. The first-order valence-electron chi connectivity index (χ1n) is 6.97. The zero-order valence-corrected chi connectivity index (χ0v) is 10.9. The van der Waals surface area contributed by atoms with Gasteiger partial charge in [0, 0.05) is 25.7 Å². The molecule has 98 valence electrons. The Morgan fingerprint density at radius 1 is 1.29 bits per heavy atom. The molecule has 0 aromatic carbocycles. The molecule has 0 radical (unpaired) electrons. The average molecular weight is 239 g/mol. The second-order valence-electron chi connectivity index (χ2n) is 5.37. The first-order valence-corrected chi connectivity index (χ1v) is 6.97. The fourth-order valence-corrected chi connectivity index (χ4v) is 2.86. The van der Waals surface area contributed by atoms with E-state index in [1.54, 1.807) is 0 Å². The molecule has 2 aliphatic rings. The topological polar surface area (TPSA) is 44.4 Å². The van der Waals surface area contributed by atoms with E-state index in [9.17, 15) is 4.79 Å². The van der Waals surface area contributed by atoms with Crippen LogP contribution < -0.4 is 10.6 Å². The smallest absolute Gasteiger partial charge is 0.236 e. The Hall–Kier alpha value is -0.610. The molecule has 1 aliphatic carbocycles. The summed E-state index contributed by atoms with van der Waals surface area (Å²) < 4.78 is 0. The molecule has 1 saturated carbocycles. The van der Waals surface area contributed by atoms with Crippen LogP contribution in [-0.4, -0.2) is 49.6 Å². The Kier molecular flexibility index (Phi) is 4.80. The van der Waals surface area contributed by atoms with Crippen LogP contribution in [0.1, 0.15) is 38.5 Å². The molecule has 2 N–H and O–H groups in total. The van der Waals surface area contributed by atoms with Crippen molar-refractivity contribution in [3.63, 3.8) is 0 Å². The minimum absolute atomic E-state index is 0.254. The summed E-state index contributed by atoms with van der Waals surface area (Å²) in [6, 6.07) is 0.971. The molecule has 0 aromatic heterocycles. The molecule has 0 aromatic rings. The normalized spacial score (nSPS) is 26.1. The molecule has 4 heteroatoms. The number of hydrogen-bond donors (Lipinski definition) is 2. The number of carbonyl (C=O) groups is 1. The molecule has 1 aliphatic heterocycles. The Bertz CT molecular complexity index is 245. The molecule has 1 unspecified atom stereocenters. The van der Waals surface area contributed by atoms with Crippen molar-refractivity contribution in [3.05, 3.63) is 0 Å². The summed E-state index contributed by atoms with van der Waals surface area (Å²) >= 11 is 0. The fourth-order valence-electron chi connectivity index (χ4n) is 2.86. The second kappa shape index (κ2) is 6.36. The van der Waals surface area contributed by atoms with Crippen molar-refractivity contribution in [1.82, 2.24) is 15.5 Å². The number of hydrogen-bond acceptors (Lipinski definition) is 3. The van der Waals surface area contributed by atoms with E-state index in [1.165, 1.54) is 32.1 Å². The quantitative estimate of drug-likeness (QED) is 0.760. The minimum atomic E-state index is 0.254. The Labute approximate surface area is 104 Å². The summed E-state index contributed by atoms with van der Waals surface area (Å²) in [5.74, 6) is 0.254. The lowest BCUT2D eigenvalue weighted by Gasteiger charge is -2.31. The summed E-state index contributed by atoms with van der Waals surface area (Å²) in [7, 11) is 1.97. The predicted octanol–water partition coefficient (Wildman–Crippen LogP) is 0.729. The van der Waals surface area contributed by atoms with E-state index >= 15 is 0 Å². The summed E-state index contributed by atoms with van der Waals surface area (Å²) in [6.07, 6.45) is 7.41. The Balaban J connectivity index is 1.70. The van der Waals surface area contributed by atoms with E-state index in [0.29, 0.717) is 18.6 Å². The summed E-state index contributed by atoms with van der Waals surface area (Å²) in [4.78, 5) is 14.0. The van der Waals surface area contributed by atoms with E-state index in [0.717, 1.165) is 19.5 Å². The molecule has 17 heavy (non-hydrogen) atoms. The number of amides is 1. The predicted molar refractivity (Wildman–Crippen MR) is 68.9 cm³/mol. The van der Waals surface area contributed by atoms with Gasteiger partial charge in [0.25, 0.3) is 0 Å². The van der Waals surface area contributed by atoms with Crippen molar-refractivity contribution in [2.24, 2.45) is 0 Å². The molecule has 4 nitrogen and oxygen atoms in total. The number of nitrogens with one attached hydrogen (secondary N) is 2. The molecule has 2 rings (SSSR count). The monoisotopic (exact) mass is 239 g/mol. The molecule has 1 heterocycles. The van der Waals surface area contributed by atoms with Gasteiger partial charge in [0.05, 0.1) is 6.54 Å². The third-order valence-electron chi connectivity index (χ3n) is 4.12. The number of likely N-dealkylation sites (N-methyl/N-ethyl adjacent to an activating group) is 1. The summed E-state index contributed by atoms with van der Waals surface area (Å²) in [6.45, 7) is 2.57. The zero-order valence-electron chi connectivity index (χ0n) is 10.9. The molecule has 0 bridgehead atoms. The molecule has 1 amide bonds. The molecule has 0 spiro atoms. The maximum atomic E-state index is 12.0. The van der Waals surface area contributed by atoms with Gasteiger partial charge in [0.1, 0.15) is 0 Å². The van der Waals surface area contributed by atoms with E-state index in [4.69, 9.17) is 0 Å². The van der Waals surface area contributed by atoms with Crippen LogP contribution >= 0.6 is 0 Å². The molecule has 1 saturated heterocycles. The molecular formula is C13H25N3O. The van der Waals surface area contributed by atoms with Gasteiger partial charge in [-0.15, -0.1) is 0 Å². The summed E-state index contributed by atoms with van der Waals surface area (Å²) in [5, 5.41) is 6.65. The first kappa shape index (κ1) is 12.8. The van der Waals surface area contributed by atoms with Crippen molar-refractivity contribution in [2.75, 3.05) is 26.7 Å². The highest BCUT2D eigenvalue weighted by Crippen LogP contribution is 2.21. The SMILES string of the molecule is CN(C(=O)CNC1CCNC1)C1CCCCC1. The van der Waals surface area contributed by atoms with Crippen molar-refractivity contribution in [3.8, 4) is 0 Å². The van der Waals surface area contributed by atoms with E-state index in [1.807, 2.05) is 11.9 Å². The second-order valence-corrected chi connectivity index (χ2v) is 5.37. The van der Waals surface area contributed by atoms with Crippen molar-refractivity contribution in [1.29, 1.82) is 0 Å². The van der Waals surface area contributed by atoms with Gasteiger partial charge in [-0.05, 0) is 25.8 Å². The van der Waals surface area contributed by atoms with Gasteiger partial charge in [-0.3, -0.25) is 4.79 Å². The van der Waals surface area contributed by atoms with Gasteiger partial charge in [-0.25, -0.2) is 0 Å². The number of rotatable bonds is 4. The largest absolute Gasteiger partial charge is 0.342 e. The highest BCUT2D eigenvalue weighted by molar-refractivity contribution is 5.78. The first-order chi connectivity index (χ1) is 8.27. The Morgan fingerprint density at radius 2 is 2.06 bits per heavy atom. The van der Waals surface area contributed by atoms with Crippen LogP contribution in [0.15, 0.2) is 0 Å². The lowest BCUT2D eigenvalue weighted by atomic mass is 9.94. The number of nitrogens with zero attached hydrogens (tertiary/aromatic N) is 1. The van der Waals surface area contributed by atoms with Crippen LogP contribution in [0.5, 0.6) is 0 Å². The van der Waals surface area contributed by atoms with Crippen molar-refractivity contribution >= 4 is 5.91 Å². The van der Waals surface area contributed by atoms with Gasteiger partial charge in [-0.2, -0.15) is 0 Å². The van der Waals surface area contributed by atoms with Crippen LogP contribution in [0.3, 0.4) is 0 Å². The average Bonchev–Trinajstić information content (AvgIpc) is 2.89. The fraction of sp³-hybridized carbons (Fsp3) is 0.923. The van der Waals surface area contributed by atoms with E-state index < -0.39 is 0 Å². The third-order valence-corrected chi connectivity index (χ3v) is 4.12. The highest BCUT2D eigenvalue weighted by Gasteiger charge is 2.22. The maximum Gasteiger partial charge on any atom is 0.236 e. The summed E-state index contributed by atoms with van der Waals surface area (Å²) in [5.41, 5.74) is 0. The van der Waals surface area contributed by atoms with Gasteiger partial charge >= 0.3 is 0 Å². The molecule has 2 fully saturated rings. The van der Waals surface area contributed by atoms with Crippen LogP contribution in [0.25, 0.3) is 0 Å². The lowest BCUT2D eigenvalue weighted by Crippen LogP contribution is -2.45. The van der Waals surface area contributed by atoms with E-state index in [-0.39, 0.29) is 5.91 Å². The van der Waals surface area contributed by atoms with Crippen LogP contribution in [-0.2, 0) is 4.79 Å². The van der Waals surface area contributed by atoms with Crippen LogP contribution in [0, 0.1) is 0 Å².